The summed E-state index contributed by atoms with van der Waals surface area (Å²) in [6.07, 6.45) is -3.70. The summed E-state index contributed by atoms with van der Waals surface area (Å²) in [5, 5.41) is 44.5. The van der Waals surface area contributed by atoms with Crippen molar-refractivity contribution in [2.45, 2.75) is 129 Å². The number of hydrogen-bond acceptors (Lipinski definition) is 10. The molecule has 0 saturated carbocycles. The van der Waals surface area contributed by atoms with Crippen molar-refractivity contribution in [2.75, 3.05) is 21.2 Å². The number of aliphatic hydroxyl groups excluding tert-OH is 2. The number of likely N-dealkylation sites (N-methyl/N-ethyl adjacent to an activating group) is 1. The number of aliphatic hydroxyl groups is 3. The van der Waals surface area contributed by atoms with Gasteiger partial charge in [-0.05, 0) is 59.1 Å². The predicted octanol–water partition coefficient (Wildman–Crippen LogP) is 2.37. The van der Waals surface area contributed by atoms with Crippen molar-refractivity contribution in [3.63, 3.8) is 0 Å². The Morgan fingerprint density at radius 3 is 2.20 bits per heavy atom. The molecule has 0 aromatic heterocycles. The number of quaternary nitrogens is 1. The van der Waals surface area contributed by atoms with Gasteiger partial charge < -0.3 is 34.3 Å². The first-order valence-electron chi connectivity index (χ1n) is 14.6. The lowest BCUT2D eigenvalue weighted by Crippen LogP contribution is -2.63. The topological polar surface area (TPSA) is 152 Å². The largest absolute Gasteiger partial charge is 0.459 e. The van der Waals surface area contributed by atoms with Crippen LogP contribution in [0.4, 0.5) is 0 Å². The second-order valence-electron chi connectivity index (χ2n) is 13.2. The molecule has 12 atom stereocenters. The fourth-order valence-electron chi connectivity index (χ4n) is 6.38. The summed E-state index contributed by atoms with van der Waals surface area (Å²) in [6, 6.07) is -0.614. The van der Waals surface area contributed by atoms with Crippen LogP contribution in [0.5, 0.6) is 0 Å². The molecule has 0 bridgehead atoms. The van der Waals surface area contributed by atoms with Gasteiger partial charge in [-0.1, -0.05) is 20.8 Å². The molecule has 0 aromatic carbocycles. The van der Waals surface area contributed by atoms with E-state index in [0.717, 1.165) is 0 Å². The van der Waals surface area contributed by atoms with Crippen LogP contribution in [-0.4, -0.2) is 112 Å². The number of carbonyl (C=O) groups excluding carboxylic acids is 2. The number of Topliss-reactive ketones (excluding diaryl/α,β-unsaturated/α-hetero) is 1. The number of hydroxylamine groups is 3. The second-order valence-corrected chi connectivity index (χ2v) is 13.2. The van der Waals surface area contributed by atoms with Crippen molar-refractivity contribution < 1.29 is 53.7 Å². The predicted molar refractivity (Wildman–Crippen MR) is 151 cm³/mol. The molecular formula is C30H54NO10+. The normalized spacial score (nSPS) is 45.4. The van der Waals surface area contributed by atoms with E-state index >= 15 is 0 Å². The standard InChI is InChI=1S/C30H54NO10/c1-12-22-29(7,36)14-16(2)23(32)17(3)15-30(8,38-11)26(19(5)24(33)20(6)27(35)40-22)41-28-25(34)21(31(9,10)37)13-18(4)39-28/h14,17-22,24-26,28,33-34,36-37H,12-13,15H2,1-11H3/q+1/b16-14+/t17-,18-,19+,20-,21+,22-,24+,25-,26-,28?,29+,30+/m1/s1. The highest BCUT2D eigenvalue weighted by Crippen LogP contribution is 2.38. The molecule has 0 aromatic rings. The maximum Gasteiger partial charge on any atom is 0.311 e. The van der Waals surface area contributed by atoms with Crippen molar-refractivity contribution in [3.8, 4) is 0 Å². The Kier molecular flexibility index (Phi) is 11.7. The Morgan fingerprint density at radius 1 is 1.10 bits per heavy atom. The van der Waals surface area contributed by atoms with Crippen LogP contribution in [0.3, 0.4) is 0 Å². The maximum atomic E-state index is 13.5. The lowest BCUT2D eigenvalue weighted by molar-refractivity contribution is -1.09. The van der Waals surface area contributed by atoms with Gasteiger partial charge in [-0.3, -0.25) is 9.59 Å². The first-order chi connectivity index (χ1) is 18.7. The number of carbonyl (C=O) groups is 2. The summed E-state index contributed by atoms with van der Waals surface area (Å²) >= 11 is 0. The van der Waals surface area contributed by atoms with E-state index in [4.69, 9.17) is 18.9 Å². The number of cyclic esters (lactones) is 1. The van der Waals surface area contributed by atoms with Crippen LogP contribution in [0.25, 0.3) is 0 Å². The Balaban J connectivity index is 2.62. The highest BCUT2D eigenvalue weighted by molar-refractivity contribution is 5.96. The third kappa shape index (κ3) is 8.14. The van der Waals surface area contributed by atoms with Crippen LogP contribution in [0, 0.1) is 17.8 Å². The van der Waals surface area contributed by atoms with Gasteiger partial charge in [0.05, 0.1) is 43.9 Å². The van der Waals surface area contributed by atoms with Crippen molar-refractivity contribution in [2.24, 2.45) is 17.8 Å². The molecule has 2 aliphatic heterocycles. The van der Waals surface area contributed by atoms with Gasteiger partial charge in [0, 0.05) is 25.4 Å². The molecule has 0 spiro atoms. The van der Waals surface area contributed by atoms with Crippen molar-refractivity contribution in [1.82, 2.24) is 0 Å². The molecule has 2 aliphatic rings. The molecule has 11 nitrogen and oxygen atoms in total. The molecular weight excluding hydrogens is 534 g/mol. The van der Waals surface area contributed by atoms with E-state index in [2.05, 4.69) is 0 Å². The summed E-state index contributed by atoms with van der Waals surface area (Å²) in [6.45, 7) is 13.4. The van der Waals surface area contributed by atoms with Crippen LogP contribution in [0.15, 0.2) is 11.6 Å². The number of methoxy groups -OCH3 is 1. The minimum absolute atomic E-state index is 0.163. The third-order valence-corrected chi connectivity index (χ3v) is 9.01. The molecule has 1 saturated heterocycles. The number of ether oxygens (including phenoxy) is 4. The van der Waals surface area contributed by atoms with Gasteiger partial charge in [0.1, 0.15) is 11.7 Å². The zero-order valence-corrected chi connectivity index (χ0v) is 26.7. The quantitative estimate of drug-likeness (QED) is 0.214. The van der Waals surface area contributed by atoms with E-state index in [-0.39, 0.29) is 24.7 Å². The number of esters is 1. The number of ketones is 1. The number of hydrogen-bond donors (Lipinski definition) is 4. The Hall–Kier alpha value is -1.44. The van der Waals surface area contributed by atoms with Gasteiger partial charge in [0.15, 0.2) is 24.2 Å². The molecule has 0 radical (unpaired) electrons. The Labute approximate surface area is 244 Å². The first-order valence-corrected chi connectivity index (χ1v) is 14.6. The van der Waals surface area contributed by atoms with Gasteiger partial charge in [0.25, 0.3) is 0 Å². The number of rotatable bonds is 5. The molecule has 4 N–H and O–H groups in total. The molecule has 2 heterocycles. The molecule has 0 amide bonds. The zero-order chi connectivity index (χ0) is 31.7. The maximum absolute atomic E-state index is 13.5. The van der Waals surface area contributed by atoms with E-state index in [9.17, 15) is 30.1 Å². The highest BCUT2D eigenvalue weighted by Gasteiger charge is 2.51. The van der Waals surface area contributed by atoms with Crippen LogP contribution in [0.1, 0.15) is 74.7 Å². The SMILES string of the molecule is CC[C@H]1OC(=O)[C@H](C)[C@@H](O)[C@H](C)[C@@H](OC2O[C@H](C)C[C@H]([N+](C)(C)O)[C@H]2O)[C@@](C)(OC)C[C@@H](C)C(=O)/C(C)=C/[C@]1(C)O. The average Bonchev–Trinajstić information content (AvgIpc) is 2.88. The minimum Gasteiger partial charge on any atom is -0.459 e. The second kappa shape index (κ2) is 13.5. The van der Waals surface area contributed by atoms with Crippen LogP contribution in [0.2, 0.25) is 0 Å². The van der Waals surface area contributed by atoms with Crippen molar-refractivity contribution in [3.05, 3.63) is 11.6 Å². The van der Waals surface area contributed by atoms with E-state index in [1.807, 2.05) is 6.92 Å². The van der Waals surface area contributed by atoms with Crippen LogP contribution >= 0.6 is 0 Å². The van der Waals surface area contributed by atoms with Crippen LogP contribution in [-0.2, 0) is 28.5 Å². The molecule has 238 valence electrons. The molecule has 2 rings (SSSR count). The van der Waals surface area contributed by atoms with Gasteiger partial charge in [0.2, 0.25) is 0 Å². The smallest absolute Gasteiger partial charge is 0.311 e. The van der Waals surface area contributed by atoms with Gasteiger partial charge >= 0.3 is 5.97 Å². The molecule has 41 heavy (non-hydrogen) atoms. The monoisotopic (exact) mass is 588 g/mol. The van der Waals surface area contributed by atoms with E-state index in [0.29, 0.717) is 12.0 Å². The zero-order valence-electron chi connectivity index (χ0n) is 26.7. The fourth-order valence-corrected chi connectivity index (χ4v) is 6.38. The summed E-state index contributed by atoms with van der Waals surface area (Å²) in [7, 11) is 4.60. The summed E-state index contributed by atoms with van der Waals surface area (Å²) in [4.78, 5) is 26.7. The number of nitrogens with zero attached hydrogens (tertiary/aromatic N) is 1. The Bertz CT molecular complexity index is 946. The van der Waals surface area contributed by atoms with Crippen LogP contribution < -0.4 is 0 Å². The Morgan fingerprint density at radius 2 is 1.68 bits per heavy atom. The number of allylic oxidation sites excluding steroid dienone is 1. The van der Waals surface area contributed by atoms with E-state index in [1.54, 1.807) is 55.6 Å². The summed E-state index contributed by atoms with van der Waals surface area (Å²) < 4.78 is 23.6. The highest BCUT2D eigenvalue weighted by atomic mass is 16.7. The molecule has 11 heteroatoms. The van der Waals surface area contributed by atoms with E-state index in [1.165, 1.54) is 20.1 Å². The minimum atomic E-state index is -1.61. The fraction of sp³-hybridized carbons (Fsp3) is 0.867. The summed E-state index contributed by atoms with van der Waals surface area (Å²) in [5.74, 6) is -3.30. The van der Waals surface area contributed by atoms with Crippen molar-refractivity contribution >= 4 is 11.8 Å². The molecule has 0 aliphatic carbocycles. The van der Waals surface area contributed by atoms with Gasteiger partial charge in [-0.25, -0.2) is 5.21 Å². The van der Waals surface area contributed by atoms with E-state index < -0.39 is 76.3 Å². The first kappa shape index (κ1) is 35.8. The summed E-state index contributed by atoms with van der Waals surface area (Å²) in [5.41, 5.74) is -2.49. The molecule has 1 unspecified atom stereocenters. The third-order valence-electron chi connectivity index (χ3n) is 9.01. The lowest BCUT2D eigenvalue weighted by Gasteiger charge is -2.47. The van der Waals surface area contributed by atoms with Gasteiger partial charge in [-0.15, -0.1) is 0 Å². The van der Waals surface area contributed by atoms with Crippen molar-refractivity contribution in [1.29, 1.82) is 0 Å². The lowest BCUT2D eigenvalue weighted by atomic mass is 9.76. The molecule has 1 fully saturated rings. The van der Waals surface area contributed by atoms with Gasteiger partial charge in [-0.2, -0.15) is 4.65 Å². The average molecular weight is 589 g/mol.